The van der Waals surface area contributed by atoms with Crippen molar-refractivity contribution in [2.45, 2.75) is 6.54 Å². The topological polar surface area (TPSA) is 37.8 Å². The van der Waals surface area contributed by atoms with Crippen LogP contribution in [0.25, 0.3) is 10.4 Å². The second-order valence-corrected chi connectivity index (χ2v) is 5.72. The molecule has 0 radical (unpaired) electrons. The number of nitrogens with one attached hydrogen (secondary N) is 1. The van der Waals surface area contributed by atoms with Gasteiger partial charge in [-0.3, -0.25) is 0 Å². The van der Waals surface area contributed by atoms with E-state index in [4.69, 9.17) is 0 Å². The minimum atomic E-state index is 0.821. The third kappa shape index (κ3) is 2.57. The van der Waals surface area contributed by atoms with Gasteiger partial charge < -0.3 is 5.32 Å². The lowest BCUT2D eigenvalue weighted by molar-refractivity contribution is 1.15. The van der Waals surface area contributed by atoms with E-state index in [-0.39, 0.29) is 0 Å². The van der Waals surface area contributed by atoms with Gasteiger partial charge in [0.15, 0.2) is 0 Å². The Morgan fingerprint density at radius 1 is 1.06 bits per heavy atom. The first-order valence-electron chi connectivity index (χ1n) is 5.57. The molecule has 3 rings (SSSR count). The summed E-state index contributed by atoms with van der Waals surface area (Å²) < 4.78 is 3.82. The van der Waals surface area contributed by atoms with E-state index in [0.29, 0.717) is 0 Å². The van der Waals surface area contributed by atoms with Crippen molar-refractivity contribution in [1.82, 2.24) is 9.59 Å². The van der Waals surface area contributed by atoms with Gasteiger partial charge >= 0.3 is 0 Å². The van der Waals surface area contributed by atoms with Gasteiger partial charge in [0.05, 0.1) is 12.7 Å². The molecule has 0 fully saturated rings. The molecule has 3 aromatic rings. The molecule has 0 unspecified atom stereocenters. The monoisotopic (exact) mass is 273 g/mol. The van der Waals surface area contributed by atoms with Crippen molar-refractivity contribution in [2.24, 2.45) is 0 Å². The molecule has 0 aliphatic rings. The van der Waals surface area contributed by atoms with Gasteiger partial charge in [-0.05, 0) is 17.7 Å². The summed E-state index contributed by atoms with van der Waals surface area (Å²) >= 11 is 3.19. The van der Waals surface area contributed by atoms with Gasteiger partial charge in [-0.15, -0.1) is 16.4 Å². The molecule has 2 heterocycles. The zero-order valence-electron chi connectivity index (χ0n) is 9.54. The Morgan fingerprint density at radius 3 is 2.72 bits per heavy atom. The Labute approximate surface area is 113 Å². The van der Waals surface area contributed by atoms with E-state index in [1.807, 2.05) is 17.4 Å². The fourth-order valence-electron chi connectivity index (χ4n) is 1.65. The van der Waals surface area contributed by atoms with Gasteiger partial charge in [0, 0.05) is 21.3 Å². The number of thiophene rings is 1. The van der Waals surface area contributed by atoms with Crippen molar-refractivity contribution in [2.75, 3.05) is 5.32 Å². The SMILES string of the molecule is c1ccc(-c2ccc(CNc3cnns3)s2)cc1. The summed E-state index contributed by atoms with van der Waals surface area (Å²) in [4.78, 5) is 2.61. The van der Waals surface area contributed by atoms with Crippen LogP contribution in [0.2, 0.25) is 0 Å². The number of hydrogen-bond donors (Lipinski definition) is 1. The number of aromatic nitrogens is 2. The Kier molecular flexibility index (Phi) is 3.34. The fraction of sp³-hybridized carbons (Fsp3) is 0.0769. The standard InChI is InChI=1S/C13H11N3S2/c1-2-4-10(5-3-1)12-7-6-11(17-12)8-14-13-9-15-16-18-13/h1-7,9,14H,8H2. The number of nitrogens with zero attached hydrogens (tertiary/aromatic N) is 2. The third-order valence-electron chi connectivity index (χ3n) is 2.52. The highest BCUT2D eigenvalue weighted by molar-refractivity contribution is 7.15. The summed E-state index contributed by atoms with van der Waals surface area (Å²) in [6.07, 6.45) is 1.75. The molecule has 5 heteroatoms. The van der Waals surface area contributed by atoms with Crippen LogP contribution in [0, 0.1) is 0 Å². The van der Waals surface area contributed by atoms with Crippen LogP contribution in [0.3, 0.4) is 0 Å². The van der Waals surface area contributed by atoms with E-state index in [9.17, 15) is 0 Å². The molecule has 0 aliphatic carbocycles. The lowest BCUT2D eigenvalue weighted by Gasteiger charge is -1.99. The molecule has 2 aromatic heterocycles. The van der Waals surface area contributed by atoms with E-state index < -0.39 is 0 Å². The molecule has 0 bridgehead atoms. The van der Waals surface area contributed by atoms with Crippen LogP contribution < -0.4 is 5.32 Å². The first kappa shape index (κ1) is 11.4. The number of rotatable bonds is 4. The zero-order chi connectivity index (χ0) is 12.2. The Balaban J connectivity index is 1.70. The Morgan fingerprint density at radius 2 is 1.94 bits per heavy atom. The molecule has 3 nitrogen and oxygen atoms in total. The van der Waals surface area contributed by atoms with E-state index in [1.54, 1.807) is 6.20 Å². The largest absolute Gasteiger partial charge is 0.369 e. The van der Waals surface area contributed by atoms with Crippen molar-refractivity contribution in [3.05, 3.63) is 53.5 Å². The first-order chi connectivity index (χ1) is 8.92. The normalized spacial score (nSPS) is 10.4. The van der Waals surface area contributed by atoms with Crippen LogP contribution in [-0.2, 0) is 6.54 Å². The van der Waals surface area contributed by atoms with Crippen LogP contribution in [0.4, 0.5) is 5.00 Å². The Hall–Kier alpha value is -1.72. The van der Waals surface area contributed by atoms with Crippen LogP contribution in [0.5, 0.6) is 0 Å². The summed E-state index contributed by atoms with van der Waals surface area (Å²) in [6.45, 7) is 0.821. The average Bonchev–Trinajstić information content (AvgIpc) is 3.09. The molecular weight excluding hydrogens is 262 g/mol. The predicted octanol–water partition coefficient (Wildman–Crippen LogP) is 3.88. The second kappa shape index (κ2) is 5.29. The van der Waals surface area contributed by atoms with E-state index in [0.717, 1.165) is 11.5 Å². The van der Waals surface area contributed by atoms with Gasteiger partial charge in [0.25, 0.3) is 0 Å². The highest BCUT2D eigenvalue weighted by Crippen LogP contribution is 2.28. The third-order valence-corrected chi connectivity index (χ3v) is 4.27. The van der Waals surface area contributed by atoms with Crippen LogP contribution in [0.15, 0.2) is 48.7 Å². The molecule has 90 valence electrons. The molecule has 0 saturated heterocycles. The van der Waals surface area contributed by atoms with Gasteiger partial charge in [-0.1, -0.05) is 34.8 Å². The maximum Gasteiger partial charge on any atom is 0.130 e. The zero-order valence-corrected chi connectivity index (χ0v) is 11.2. The number of benzene rings is 1. The minimum Gasteiger partial charge on any atom is -0.369 e. The van der Waals surface area contributed by atoms with Crippen LogP contribution in [-0.4, -0.2) is 9.59 Å². The van der Waals surface area contributed by atoms with E-state index in [2.05, 4.69) is 51.3 Å². The van der Waals surface area contributed by atoms with Crippen molar-refractivity contribution in [3.63, 3.8) is 0 Å². The molecular formula is C13H11N3S2. The molecule has 0 spiro atoms. The lowest BCUT2D eigenvalue weighted by atomic mass is 10.2. The molecule has 0 aliphatic heterocycles. The quantitative estimate of drug-likeness (QED) is 0.784. The van der Waals surface area contributed by atoms with Crippen molar-refractivity contribution < 1.29 is 0 Å². The predicted molar refractivity (Wildman–Crippen MR) is 77.0 cm³/mol. The molecule has 0 amide bonds. The molecule has 18 heavy (non-hydrogen) atoms. The molecule has 0 saturated carbocycles. The summed E-state index contributed by atoms with van der Waals surface area (Å²) in [5, 5.41) is 8.11. The summed E-state index contributed by atoms with van der Waals surface area (Å²) in [5.41, 5.74) is 1.27. The van der Waals surface area contributed by atoms with Gasteiger partial charge in [0.2, 0.25) is 0 Å². The smallest absolute Gasteiger partial charge is 0.130 e. The van der Waals surface area contributed by atoms with Crippen molar-refractivity contribution in [3.8, 4) is 10.4 Å². The van der Waals surface area contributed by atoms with Crippen LogP contribution in [0.1, 0.15) is 4.88 Å². The second-order valence-electron chi connectivity index (χ2n) is 3.77. The van der Waals surface area contributed by atoms with Crippen molar-refractivity contribution >= 4 is 27.9 Å². The number of hydrogen-bond acceptors (Lipinski definition) is 5. The summed E-state index contributed by atoms with van der Waals surface area (Å²) in [7, 11) is 0. The minimum absolute atomic E-state index is 0.821. The maximum atomic E-state index is 3.82. The maximum absolute atomic E-state index is 3.82. The van der Waals surface area contributed by atoms with E-state index in [1.165, 1.54) is 26.9 Å². The van der Waals surface area contributed by atoms with Crippen molar-refractivity contribution in [1.29, 1.82) is 0 Å². The Bertz CT molecular complexity index is 602. The van der Waals surface area contributed by atoms with Gasteiger partial charge in [0.1, 0.15) is 5.00 Å². The lowest BCUT2D eigenvalue weighted by Crippen LogP contribution is -1.94. The summed E-state index contributed by atoms with van der Waals surface area (Å²) in [6, 6.07) is 14.8. The van der Waals surface area contributed by atoms with Gasteiger partial charge in [-0.2, -0.15) is 0 Å². The number of anilines is 1. The van der Waals surface area contributed by atoms with Crippen LogP contribution >= 0.6 is 22.9 Å². The van der Waals surface area contributed by atoms with Gasteiger partial charge in [-0.25, -0.2) is 0 Å². The highest BCUT2D eigenvalue weighted by atomic mass is 32.1. The average molecular weight is 273 g/mol. The first-order valence-corrected chi connectivity index (χ1v) is 7.16. The fourth-order valence-corrected chi connectivity index (χ4v) is 3.02. The summed E-state index contributed by atoms with van der Waals surface area (Å²) in [5.74, 6) is 0. The molecule has 1 N–H and O–H groups in total. The van der Waals surface area contributed by atoms with E-state index >= 15 is 0 Å². The molecule has 0 atom stereocenters. The highest BCUT2D eigenvalue weighted by Gasteiger charge is 2.03. The molecule has 1 aromatic carbocycles.